The first-order valence-electron chi connectivity index (χ1n) is 11.5. The number of ether oxygens (including phenoxy) is 3. The van der Waals surface area contributed by atoms with Crippen LogP contribution in [-0.4, -0.2) is 57.5 Å². The fourth-order valence-electron chi connectivity index (χ4n) is 4.26. The predicted molar refractivity (Wildman–Crippen MR) is 138 cm³/mol. The van der Waals surface area contributed by atoms with Gasteiger partial charge in [-0.1, -0.05) is 72.4 Å². The SMILES string of the molecule is CSc1nc(SC)c2ncc([C@]3(F)CO[C@H](COCc4ccccc4)[C@H]3OCc3ccccc3)n2n1. The molecule has 0 amide bonds. The first-order valence-corrected chi connectivity index (χ1v) is 14.0. The van der Waals surface area contributed by atoms with Gasteiger partial charge in [-0.15, -0.1) is 16.9 Å². The molecule has 1 aliphatic heterocycles. The lowest BCUT2D eigenvalue weighted by atomic mass is 9.95. The molecule has 0 radical (unpaired) electrons. The van der Waals surface area contributed by atoms with Crippen LogP contribution >= 0.6 is 23.5 Å². The van der Waals surface area contributed by atoms with Crippen LogP contribution in [-0.2, 0) is 33.1 Å². The van der Waals surface area contributed by atoms with Gasteiger partial charge in [-0.05, 0) is 23.6 Å². The molecule has 5 rings (SSSR count). The van der Waals surface area contributed by atoms with Crippen molar-refractivity contribution in [2.24, 2.45) is 0 Å². The summed E-state index contributed by atoms with van der Waals surface area (Å²) in [5.74, 6) is 0. The fraction of sp³-hybridized carbons (Fsp3) is 0.346. The van der Waals surface area contributed by atoms with Gasteiger partial charge in [0.2, 0.25) is 10.8 Å². The van der Waals surface area contributed by atoms with Crippen molar-refractivity contribution in [3.63, 3.8) is 0 Å². The van der Waals surface area contributed by atoms with Crippen molar-refractivity contribution in [2.75, 3.05) is 25.7 Å². The molecule has 1 fully saturated rings. The van der Waals surface area contributed by atoms with Crippen molar-refractivity contribution in [2.45, 2.75) is 41.3 Å². The van der Waals surface area contributed by atoms with E-state index in [2.05, 4.69) is 15.1 Å². The van der Waals surface area contributed by atoms with Gasteiger partial charge in [-0.25, -0.2) is 18.9 Å². The zero-order chi connectivity index (χ0) is 25.0. The normalized spacial score (nSPS) is 21.9. The Balaban J connectivity index is 1.44. The first kappa shape index (κ1) is 25.2. The van der Waals surface area contributed by atoms with E-state index in [0.717, 1.165) is 11.1 Å². The van der Waals surface area contributed by atoms with Crippen LogP contribution in [0.1, 0.15) is 16.8 Å². The molecule has 0 saturated carbocycles. The van der Waals surface area contributed by atoms with Gasteiger partial charge >= 0.3 is 0 Å². The topological polar surface area (TPSA) is 70.8 Å². The second kappa shape index (κ2) is 11.3. The summed E-state index contributed by atoms with van der Waals surface area (Å²) in [6.45, 7) is 0.653. The highest BCUT2D eigenvalue weighted by Crippen LogP contribution is 2.41. The highest BCUT2D eigenvalue weighted by Gasteiger charge is 2.55. The Morgan fingerprint density at radius 1 is 1.03 bits per heavy atom. The van der Waals surface area contributed by atoms with Crippen molar-refractivity contribution in [3.8, 4) is 0 Å². The Kier molecular flexibility index (Phi) is 7.87. The van der Waals surface area contributed by atoms with Crippen molar-refractivity contribution >= 4 is 29.2 Å². The molecule has 2 aromatic heterocycles. The Labute approximate surface area is 217 Å². The van der Waals surface area contributed by atoms with E-state index in [1.54, 1.807) is 4.52 Å². The molecule has 0 spiro atoms. The van der Waals surface area contributed by atoms with Crippen molar-refractivity contribution in [3.05, 3.63) is 83.7 Å². The number of thioether (sulfide) groups is 2. The highest BCUT2D eigenvalue weighted by atomic mass is 32.2. The summed E-state index contributed by atoms with van der Waals surface area (Å²) >= 11 is 2.84. The summed E-state index contributed by atoms with van der Waals surface area (Å²) in [5, 5.41) is 5.77. The Hall–Kier alpha value is -2.50. The third-order valence-electron chi connectivity index (χ3n) is 6.08. The third-order valence-corrected chi connectivity index (χ3v) is 7.27. The molecule has 188 valence electrons. The van der Waals surface area contributed by atoms with E-state index in [9.17, 15) is 0 Å². The van der Waals surface area contributed by atoms with Gasteiger partial charge in [-0.2, -0.15) is 0 Å². The van der Waals surface area contributed by atoms with Crippen molar-refractivity contribution < 1.29 is 18.6 Å². The lowest BCUT2D eigenvalue weighted by Crippen LogP contribution is -2.42. The number of halogens is 1. The predicted octanol–water partition coefficient (Wildman–Crippen LogP) is 4.93. The molecule has 1 saturated heterocycles. The fourth-order valence-corrected chi connectivity index (χ4v) is 5.16. The second-order valence-corrected chi connectivity index (χ2v) is 9.98. The number of rotatable bonds is 10. The van der Waals surface area contributed by atoms with Gasteiger partial charge in [0.1, 0.15) is 22.9 Å². The molecule has 3 atom stereocenters. The Morgan fingerprint density at radius 3 is 2.39 bits per heavy atom. The lowest BCUT2D eigenvalue weighted by Gasteiger charge is -2.28. The number of aromatic nitrogens is 4. The molecule has 4 aromatic rings. The first-order chi connectivity index (χ1) is 17.6. The average Bonchev–Trinajstić information content (AvgIpc) is 3.50. The summed E-state index contributed by atoms with van der Waals surface area (Å²) < 4.78 is 36.7. The summed E-state index contributed by atoms with van der Waals surface area (Å²) in [6.07, 6.45) is 3.80. The Bertz CT molecular complexity index is 1290. The summed E-state index contributed by atoms with van der Waals surface area (Å²) in [4.78, 5) is 8.97. The smallest absolute Gasteiger partial charge is 0.208 e. The largest absolute Gasteiger partial charge is 0.374 e. The average molecular weight is 527 g/mol. The second-order valence-electron chi connectivity index (χ2n) is 8.42. The van der Waals surface area contributed by atoms with Gasteiger partial charge in [0.05, 0.1) is 32.6 Å². The molecule has 0 aliphatic carbocycles. The number of alkyl halides is 1. The minimum atomic E-state index is -1.98. The molecule has 3 heterocycles. The van der Waals surface area contributed by atoms with Crippen LogP contribution in [0.5, 0.6) is 0 Å². The van der Waals surface area contributed by atoms with Crippen LogP contribution in [0.3, 0.4) is 0 Å². The molecule has 7 nitrogen and oxygen atoms in total. The molecular formula is C26H27FN4O3S2. The van der Waals surface area contributed by atoms with E-state index in [-0.39, 0.29) is 25.5 Å². The minimum absolute atomic E-state index is 0.188. The number of imidazole rings is 1. The molecule has 1 aliphatic rings. The summed E-state index contributed by atoms with van der Waals surface area (Å²) in [5.41, 5.74) is 0.809. The number of benzene rings is 2. The van der Waals surface area contributed by atoms with E-state index < -0.39 is 17.9 Å². The van der Waals surface area contributed by atoms with Crippen LogP contribution in [0, 0.1) is 0 Å². The van der Waals surface area contributed by atoms with Crippen LogP contribution in [0.25, 0.3) is 5.65 Å². The Morgan fingerprint density at radius 2 is 1.72 bits per heavy atom. The maximum atomic E-state index is 17.0. The quantitative estimate of drug-likeness (QED) is 0.269. The third kappa shape index (κ3) is 5.14. The number of hydrogen-bond acceptors (Lipinski definition) is 8. The van der Waals surface area contributed by atoms with E-state index in [1.807, 2.05) is 73.2 Å². The zero-order valence-electron chi connectivity index (χ0n) is 20.0. The number of nitrogens with zero attached hydrogens (tertiary/aromatic N) is 4. The molecule has 0 unspecified atom stereocenters. The molecule has 36 heavy (non-hydrogen) atoms. The van der Waals surface area contributed by atoms with Crippen LogP contribution < -0.4 is 0 Å². The standard InChI is InChI=1S/C26H27FN4O3S2/c1-35-24-23-28-13-21(31(23)30-25(29-24)36-2)26(27)17-34-20(16-32-14-18-9-5-3-6-10-18)22(26)33-15-19-11-7-4-8-12-19/h3-13,20,22H,14-17H2,1-2H3/t20-,22-,26-/m1/s1. The van der Waals surface area contributed by atoms with Gasteiger partial charge in [0, 0.05) is 0 Å². The molecule has 0 bridgehead atoms. The summed E-state index contributed by atoms with van der Waals surface area (Å²) in [6, 6.07) is 19.6. The van der Waals surface area contributed by atoms with Crippen LogP contribution in [0.15, 0.2) is 77.0 Å². The number of hydrogen-bond donors (Lipinski definition) is 0. The van der Waals surface area contributed by atoms with Gasteiger partial charge in [-0.3, -0.25) is 0 Å². The lowest BCUT2D eigenvalue weighted by molar-refractivity contribution is -0.0860. The van der Waals surface area contributed by atoms with E-state index in [4.69, 9.17) is 14.2 Å². The van der Waals surface area contributed by atoms with E-state index in [1.165, 1.54) is 29.7 Å². The van der Waals surface area contributed by atoms with Crippen LogP contribution in [0.4, 0.5) is 4.39 Å². The monoisotopic (exact) mass is 526 g/mol. The maximum Gasteiger partial charge on any atom is 0.208 e. The summed E-state index contributed by atoms with van der Waals surface area (Å²) in [7, 11) is 0. The molecule has 0 N–H and O–H groups in total. The van der Waals surface area contributed by atoms with E-state index >= 15 is 4.39 Å². The molecule has 10 heteroatoms. The maximum absolute atomic E-state index is 17.0. The van der Waals surface area contributed by atoms with Gasteiger partial charge in [0.15, 0.2) is 5.65 Å². The van der Waals surface area contributed by atoms with Crippen molar-refractivity contribution in [1.82, 2.24) is 19.6 Å². The number of fused-ring (bicyclic) bond motifs is 1. The highest BCUT2D eigenvalue weighted by molar-refractivity contribution is 7.99. The van der Waals surface area contributed by atoms with Crippen molar-refractivity contribution in [1.29, 1.82) is 0 Å². The van der Waals surface area contributed by atoms with Crippen LogP contribution in [0.2, 0.25) is 0 Å². The molecular weight excluding hydrogens is 499 g/mol. The minimum Gasteiger partial charge on any atom is -0.374 e. The van der Waals surface area contributed by atoms with E-state index in [0.29, 0.717) is 22.4 Å². The van der Waals surface area contributed by atoms with Gasteiger partial charge in [0.25, 0.3) is 0 Å². The zero-order valence-corrected chi connectivity index (χ0v) is 21.7. The van der Waals surface area contributed by atoms with Gasteiger partial charge < -0.3 is 14.2 Å². The molecule has 2 aromatic carbocycles.